The van der Waals surface area contributed by atoms with E-state index in [4.69, 9.17) is 0 Å². The van der Waals surface area contributed by atoms with Crippen LogP contribution in [0.15, 0.2) is 0 Å². The van der Waals surface area contributed by atoms with Crippen molar-refractivity contribution in [2.24, 2.45) is 0 Å². The van der Waals surface area contributed by atoms with Crippen molar-refractivity contribution in [2.45, 2.75) is 97.3 Å². The van der Waals surface area contributed by atoms with Gasteiger partial charge in [0.15, 0.2) is 11.6 Å². The maximum absolute atomic E-state index is 12.1. The molecule has 0 amide bonds. The van der Waals surface area contributed by atoms with Crippen molar-refractivity contribution in [1.82, 2.24) is 41.2 Å². The zero-order valence-electron chi connectivity index (χ0n) is 16.2. The third-order valence-electron chi connectivity index (χ3n) is 4.92. The van der Waals surface area contributed by atoms with Crippen molar-refractivity contribution < 1.29 is 4.79 Å². The van der Waals surface area contributed by atoms with Crippen molar-refractivity contribution >= 4 is 5.78 Å². The molecule has 0 saturated heterocycles. The number of carbonyl (C=O) groups excluding carboxylic acids is 1. The molecule has 2 heterocycles. The van der Waals surface area contributed by atoms with E-state index in [0.717, 1.165) is 50.2 Å². The number of H-pyrrole nitrogens is 2. The largest absolute Gasteiger partial charge is 0.300 e. The highest BCUT2D eigenvalue weighted by atomic mass is 16.1. The van der Waals surface area contributed by atoms with E-state index in [2.05, 4.69) is 68.9 Å². The van der Waals surface area contributed by atoms with Gasteiger partial charge in [-0.25, -0.2) is 0 Å². The molecule has 0 aliphatic heterocycles. The monoisotopic (exact) mass is 378 g/mol. The molecule has 0 aliphatic rings. The van der Waals surface area contributed by atoms with E-state index < -0.39 is 0 Å². The molecular weight excluding hydrogens is 344 g/mol. The first-order valence-electron chi connectivity index (χ1n) is 9.31. The molecule has 0 aliphatic carbocycles. The van der Waals surface area contributed by atoms with Crippen LogP contribution in [-0.2, 0) is 15.6 Å². The van der Waals surface area contributed by atoms with Crippen LogP contribution in [0.1, 0.15) is 98.1 Å². The van der Waals surface area contributed by atoms with Gasteiger partial charge in [0, 0.05) is 23.7 Å². The zero-order valence-corrected chi connectivity index (χ0v) is 16.2. The minimum Gasteiger partial charge on any atom is -0.300 e. The summed E-state index contributed by atoms with van der Waals surface area (Å²) in [6.07, 6.45) is 6.98. The Balaban J connectivity index is 0.00000364. The van der Waals surface area contributed by atoms with E-state index in [-0.39, 0.29) is 18.3 Å². The highest BCUT2D eigenvalue weighted by Crippen LogP contribution is 2.27. The molecule has 2 aromatic heterocycles. The second kappa shape index (κ2) is 10.2. The van der Waals surface area contributed by atoms with Crippen LogP contribution < -0.4 is 0 Å². The fourth-order valence-electron chi connectivity index (χ4n) is 3.02. The van der Waals surface area contributed by atoms with E-state index in [1.54, 1.807) is 0 Å². The van der Waals surface area contributed by atoms with Gasteiger partial charge in [0.1, 0.15) is 5.78 Å². The van der Waals surface area contributed by atoms with Gasteiger partial charge < -0.3 is 0 Å². The van der Waals surface area contributed by atoms with Gasteiger partial charge in [-0.3, -0.25) is 4.79 Å². The van der Waals surface area contributed by atoms with Crippen LogP contribution in [0.5, 0.6) is 0 Å². The Morgan fingerprint density at radius 2 is 1.19 bits per heavy atom. The molecule has 0 atom stereocenters. The second-order valence-corrected chi connectivity index (χ2v) is 8.19. The molecular formula is C18H34N8O. The smallest absolute Gasteiger partial charge is 0.180 e. The molecule has 2 rings (SSSR count). The van der Waals surface area contributed by atoms with Crippen LogP contribution in [-0.4, -0.2) is 47.0 Å². The molecule has 2 N–H and O–H groups in total. The van der Waals surface area contributed by atoms with Crippen LogP contribution >= 0.6 is 0 Å². The van der Waals surface area contributed by atoms with Gasteiger partial charge in [-0.2, -0.15) is 10.4 Å². The molecule has 0 radical (unpaired) electrons. The standard InChI is InChI=1S/C17H30N8O.CH4/c1-16(2,14-18-22-23-19-14)11-7-5-9-13(26)10-6-8-12-17(3,4)15-20-24-25-21-15;/h5-12H2,1-4H3,(H,18,19,22,23)(H,20,21,24,25);1H4. The summed E-state index contributed by atoms with van der Waals surface area (Å²) in [5.74, 6) is 1.81. The number of unbranched alkanes of at least 4 members (excludes halogenated alkanes) is 2. The topological polar surface area (TPSA) is 126 Å². The van der Waals surface area contributed by atoms with Crippen molar-refractivity contribution in [1.29, 1.82) is 0 Å². The lowest BCUT2D eigenvalue weighted by atomic mass is 9.85. The normalized spacial score (nSPS) is 12.0. The fraction of sp³-hybridized carbons (Fsp3) is 0.833. The van der Waals surface area contributed by atoms with Gasteiger partial charge in [0.25, 0.3) is 0 Å². The molecule has 27 heavy (non-hydrogen) atoms. The number of nitrogens with zero attached hydrogens (tertiary/aromatic N) is 6. The van der Waals surface area contributed by atoms with Gasteiger partial charge in [0.2, 0.25) is 0 Å². The van der Waals surface area contributed by atoms with Crippen molar-refractivity contribution in [3.63, 3.8) is 0 Å². The number of tetrazole rings is 2. The number of ketones is 1. The molecule has 9 heteroatoms. The van der Waals surface area contributed by atoms with Crippen molar-refractivity contribution in [2.75, 3.05) is 0 Å². The summed E-state index contributed by atoms with van der Waals surface area (Å²) >= 11 is 0. The lowest BCUT2D eigenvalue weighted by molar-refractivity contribution is -0.119. The minimum atomic E-state index is -0.114. The Bertz CT molecular complexity index is 593. The average Bonchev–Trinajstić information content (AvgIpc) is 3.29. The maximum atomic E-state index is 12.1. The van der Waals surface area contributed by atoms with Gasteiger partial charge in [0.05, 0.1) is 0 Å². The summed E-state index contributed by atoms with van der Waals surface area (Å²) in [5.41, 5.74) is -0.229. The summed E-state index contributed by atoms with van der Waals surface area (Å²) in [6, 6.07) is 0. The molecule has 0 aromatic carbocycles. The predicted molar refractivity (Wildman–Crippen MR) is 103 cm³/mol. The molecule has 0 spiro atoms. The second-order valence-electron chi connectivity index (χ2n) is 8.19. The maximum Gasteiger partial charge on any atom is 0.180 e. The number of rotatable bonds is 12. The Hall–Kier alpha value is -2.19. The van der Waals surface area contributed by atoms with Crippen LogP contribution in [0.25, 0.3) is 0 Å². The fourth-order valence-corrected chi connectivity index (χ4v) is 3.02. The van der Waals surface area contributed by atoms with Gasteiger partial charge in [-0.05, 0) is 25.7 Å². The van der Waals surface area contributed by atoms with Gasteiger partial charge >= 0.3 is 0 Å². The molecule has 0 fully saturated rings. The number of nitrogens with one attached hydrogen (secondary N) is 2. The molecule has 0 saturated carbocycles. The van der Waals surface area contributed by atoms with Gasteiger partial charge in [-0.1, -0.05) is 58.4 Å². The number of aromatic amines is 2. The van der Waals surface area contributed by atoms with Crippen LogP contribution in [0.4, 0.5) is 0 Å². The van der Waals surface area contributed by atoms with E-state index in [1.807, 2.05) is 0 Å². The van der Waals surface area contributed by atoms with Crippen LogP contribution in [0, 0.1) is 0 Å². The first kappa shape index (κ1) is 22.9. The average molecular weight is 379 g/mol. The number of aromatic nitrogens is 8. The predicted octanol–water partition coefficient (Wildman–Crippen LogP) is 3.29. The van der Waals surface area contributed by atoms with Crippen LogP contribution in [0.3, 0.4) is 0 Å². The van der Waals surface area contributed by atoms with E-state index in [1.165, 1.54) is 0 Å². The minimum absolute atomic E-state index is 0. The molecule has 0 bridgehead atoms. The van der Waals surface area contributed by atoms with Crippen LogP contribution in [0.2, 0.25) is 0 Å². The summed E-state index contributed by atoms with van der Waals surface area (Å²) in [7, 11) is 0. The SMILES string of the molecule is C.CC(C)(CCCCC(=O)CCCCC(C)(C)c1nn[nH]n1)c1nn[nH]n1. The number of hydrogen-bond donors (Lipinski definition) is 2. The summed E-state index contributed by atoms with van der Waals surface area (Å²) < 4.78 is 0. The van der Waals surface area contributed by atoms with Crippen molar-refractivity contribution in [3.05, 3.63) is 11.6 Å². The first-order valence-corrected chi connectivity index (χ1v) is 9.31. The molecule has 152 valence electrons. The third kappa shape index (κ3) is 7.15. The Morgan fingerprint density at radius 1 is 0.778 bits per heavy atom. The summed E-state index contributed by atoms with van der Waals surface area (Å²) in [6.45, 7) is 8.41. The number of hydrogen-bond acceptors (Lipinski definition) is 7. The van der Waals surface area contributed by atoms with E-state index in [0.29, 0.717) is 18.6 Å². The first-order chi connectivity index (χ1) is 12.3. The van der Waals surface area contributed by atoms with E-state index in [9.17, 15) is 4.79 Å². The molecule has 0 unspecified atom stereocenters. The van der Waals surface area contributed by atoms with Crippen molar-refractivity contribution in [3.8, 4) is 0 Å². The summed E-state index contributed by atoms with van der Waals surface area (Å²) in [5, 5.41) is 28.5. The highest BCUT2D eigenvalue weighted by Gasteiger charge is 2.25. The Morgan fingerprint density at radius 3 is 1.52 bits per heavy atom. The molecule has 9 nitrogen and oxygen atoms in total. The highest BCUT2D eigenvalue weighted by molar-refractivity contribution is 5.78. The third-order valence-corrected chi connectivity index (χ3v) is 4.92. The summed E-state index contributed by atoms with van der Waals surface area (Å²) in [4.78, 5) is 12.1. The van der Waals surface area contributed by atoms with Gasteiger partial charge in [-0.15, -0.1) is 20.4 Å². The Labute approximate surface area is 161 Å². The number of Topliss-reactive ketones (excluding diaryl/α,β-unsaturated/α-hetero) is 1. The lowest BCUT2D eigenvalue weighted by Gasteiger charge is -2.20. The molecule has 2 aromatic rings. The quantitative estimate of drug-likeness (QED) is 0.543. The number of carbonyl (C=O) groups is 1. The lowest BCUT2D eigenvalue weighted by Crippen LogP contribution is -2.19. The van der Waals surface area contributed by atoms with E-state index >= 15 is 0 Å². The zero-order chi connectivity index (χ0) is 19.0. The Kier molecular flexibility index (Phi) is 8.65.